The smallest absolute Gasteiger partial charge is 0.159 e. The summed E-state index contributed by atoms with van der Waals surface area (Å²) >= 11 is 0. The average molecular weight is 288 g/mol. The number of furan rings is 1. The monoisotopic (exact) mass is 288 g/mol. The number of carbonyl (C=O) groups excluding carboxylic acids is 1. The van der Waals surface area contributed by atoms with Crippen LogP contribution in [0.5, 0.6) is 0 Å². The van der Waals surface area contributed by atoms with E-state index in [0.29, 0.717) is 11.3 Å². The summed E-state index contributed by atoms with van der Waals surface area (Å²) in [5.41, 5.74) is 1.56. The second kappa shape index (κ2) is 5.84. The van der Waals surface area contributed by atoms with Gasteiger partial charge >= 0.3 is 0 Å². The Balaban J connectivity index is 2.38. The van der Waals surface area contributed by atoms with Gasteiger partial charge in [-0.25, -0.2) is 0 Å². The van der Waals surface area contributed by atoms with Gasteiger partial charge < -0.3 is 14.6 Å². The van der Waals surface area contributed by atoms with Crippen LogP contribution >= 0.6 is 0 Å². The molecule has 21 heavy (non-hydrogen) atoms. The van der Waals surface area contributed by atoms with Crippen molar-refractivity contribution in [1.29, 1.82) is 0 Å². The normalized spacial score (nSPS) is 13.2. The lowest BCUT2D eigenvalue weighted by Gasteiger charge is -2.27. The second-order valence-electron chi connectivity index (χ2n) is 5.88. The third-order valence-corrected chi connectivity index (χ3v) is 3.69. The van der Waals surface area contributed by atoms with Gasteiger partial charge in [-0.2, -0.15) is 0 Å². The van der Waals surface area contributed by atoms with Crippen molar-refractivity contribution in [2.45, 2.75) is 26.9 Å². The molecule has 1 atom stereocenters. The molecule has 0 aliphatic rings. The van der Waals surface area contributed by atoms with Crippen LogP contribution in [-0.2, 0) is 0 Å². The van der Waals surface area contributed by atoms with E-state index in [1.165, 1.54) is 13.2 Å². The summed E-state index contributed by atoms with van der Waals surface area (Å²) in [4.78, 5) is 11.3. The van der Waals surface area contributed by atoms with Gasteiger partial charge in [0.15, 0.2) is 5.78 Å². The van der Waals surface area contributed by atoms with Crippen LogP contribution in [0.4, 0.5) is 0 Å². The largest absolute Gasteiger partial charge is 0.466 e. The first-order chi connectivity index (χ1) is 9.86. The number of hydrogen-bond acceptors (Lipinski definition) is 4. The lowest BCUT2D eigenvalue weighted by atomic mass is 9.84. The molecule has 2 aromatic rings. The fourth-order valence-electron chi connectivity index (χ4n) is 2.10. The maximum absolute atomic E-state index is 11.3. The molecule has 0 unspecified atom stereocenters. The minimum atomic E-state index is -0.917. The van der Waals surface area contributed by atoms with E-state index in [1.807, 2.05) is 12.1 Å². The van der Waals surface area contributed by atoms with Crippen LogP contribution in [0.3, 0.4) is 0 Å². The molecule has 4 nitrogen and oxygen atoms in total. The lowest BCUT2D eigenvalue weighted by molar-refractivity contribution is -0.00634. The first-order valence-corrected chi connectivity index (χ1v) is 6.84. The van der Waals surface area contributed by atoms with Gasteiger partial charge in [0, 0.05) is 16.5 Å². The Morgan fingerprint density at radius 2 is 1.86 bits per heavy atom. The van der Waals surface area contributed by atoms with E-state index in [2.05, 4.69) is 0 Å². The number of benzene rings is 1. The zero-order chi connectivity index (χ0) is 15.6. The van der Waals surface area contributed by atoms with Crippen molar-refractivity contribution < 1.29 is 19.4 Å². The predicted octanol–water partition coefficient (Wildman–Crippen LogP) is 3.20. The fraction of sp³-hybridized carbons (Fsp3) is 0.353. The van der Waals surface area contributed by atoms with Crippen LogP contribution in [-0.4, -0.2) is 22.6 Å². The van der Waals surface area contributed by atoms with E-state index < -0.39 is 11.5 Å². The molecule has 0 fully saturated rings. The minimum Gasteiger partial charge on any atom is -0.466 e. The Morgan fingerprint density at radius 3 is 2.38 bits per heavy atom. The number of hydrogen-bond donors (Lipinski definition) is 2. The van der Waals surface area contributed by atoms with Gasteiger partial charge in [0.25, 0.3) is 0 Å². The summed E-state index contributed by atoms with van der Waals surface area (Å²) in [7, 11) is 0. The van der Waals surface area contributed by atoms with Crippen molar-refractivity contribution in [2.24, 2.45) is 5.41 Å². The summed E-state index contributed by atoms with van der Waals surface area (Å²) in [5.74, 6) is 0.431. The Morgan fingerprint density at radius 1 is 1.24 bits per heavy atom. The lowest BCUT2D eigenvalue weighted by Crippen LogP contribution is -2.26. The van der Waals surface area contributed by atoms with Gasteiger partial charge in [-0.1, -0.05) is 38.1 Å². The number of aliphatic hydroxyl groups excluding tert-OH is 2. The van der Waals surface area contributed by atoms with Gasteiger partial charge in [0.1, 0.15) is 11.9 Å². The van der Waals surface area contributed by atoms with Gasteiger partial charge in [-0.05, 0) is 18.6 Å². The molecule has 0 aliphatic carbocycles. The number of aliphatic hydroxyl groups is 2. The van der Waals surface area contributed by atoms with E-state index >= 15 is 0 Å². The summed E-state index contributed by atoms with van der Waals surface area (Å²) in [6.45, 7) is 4.90. The zero-order valence-corrected chi connectivity index (χ0v) is 12.5. The van der Waals surface area contributed by atoms with Crippen LogP contribution < -0.4 is 0 Å². The zero-order valence-electron chi connectivity index (χ0n) is 12.5. The van der Waals surface area contributed by atoms with Crippen LogP contribution in [0.15, 0.2) is 41.0 Å². The highest BCUT2D eigenvalue weighted by atomic mass is 16.4. The summed E-state index contributed by atoms with van der Waals surface area (Å²) < 4.78 is 5.42. The molecule has 0 saturated carbocycles. The summed E-state index contributed by atoms with van der Waals surface area (Å²) in [6, 6.07) is 8.91. The average Bonchev–Trinajstić information content (AvgIpc) is 2.95. The topological polar surface area (TPSA) is 70.7 Å². The molecular weight excluding hydrogens is 268 g/mol. The molecule has 0 bridgehead atoms. The molecule has 0 saturated heterocycles. The van der Waals surface area contributed by atoms with Gasteiger partial charge in [0.2, 0.25) is 0 Å². The molecule has 0 radical (unpaired) electrons. The Labute approximate surface area is 124 Å². The van der Waals surface area contributed by atoms with E-state index in [-0.39, 0.29) is 12.4 Å². The van der Waals surface area contributed by atoms with Gasteiger partial charge in [-0.15, -0.1) is 0 Å². The number of ketones is 1. The summed E-state index contributed by atoms with van der Waals surface area (Å²) in [5, 5.41) is 19.8. The maximum Gasteiger partial charge on any atom is 0.159 e. The highest BCUT2D eigenvalue weighted by molar-refractivity contribution is 5.94. The number of Topliss-reactive ketones (excluding diaryl/α,β-unsaturated/α-hetero) is 1. The van der Waals surface area contributed by atoms with E-state index in [9.17, 15) is 15.0 Å². The van der Waals surface area contributed by atoms with Gasteiger partial charge in [0.05, 0.1) is 12.9 Å². The second-order valence-corrected chi connectivity index (χ2v) is 5.88. The standard InChI is InChI=1S/C17H20O4/c1-11(19)12-4-6-13(7-5-12)14-8-9-21-15(14)16(20)17(2,3)10-18/h4-9,16,18,20H,10H2,1-3H3/t16-/m0/s1. The highest BCUT2D eigenvalue weighted by Gasteiger charge is 2.32. The molecule has 2 N–H and O–H groups in total. The molecule has 112 valence electrons. The van der Waals surface area contributed by atoms with Crippen molar-refractivity contribution in [3.63, 3.8) is 0 Å². The van der Waals surface area contributed by atoms with E-state index in [1.54, 1.807) is 32.0 Å². The SMILES string of the molecule is CC(=O)c1ccc(-c2ccoc2[C@H](O)C(C)(C)CO)cc1. The number of carbonyl (C=O) groups is 1. The minimum absolute atomic E-state index is 0.00964. The molecule has 1 heterocycles. The Kier molecular flexibility index (Phi) is 4.30. The molecule has 0 amide bonds. The maximum atomic E-state index is 11.3. The van der Waals surface area contributed by atoms with E-state index in [4.69, 9.17) is 4.42 Å². The quantitative estimate of drug-likeness (QED) is 0.829. The van der Waals surface area contributed by atoms with E-state index in [0.717, 1.165) is 11.1 Å². The van der Waals surface area contributed by atoms with Gasteiger partial charge in [-0.3, -0.25) is 4.79 Å². The highest BCUT2D eigenvalue weighted by Crippen LogP contribution is 2.38. The fourth-order valence-corrected chi connectivity index (χ4v) is 2.10. The third-order valence-electron chi connectivity index (χ3n) is 3.69. The van der Waals surface area contributed by atoms with Crippen molar-refractivity contribution >= 4 is 5.78 Å². The summed E-state index contributed by atoms with van der Waals surface area (Å²) in [6.07, 6.45) is 0.597. The van der Waals surface area contributed by atoms with Crippen molar-refractivity contribution in [1.82, 2.24) is 0 Å². The molecule has 0 spiro atoms. The molecule has 1 aromatic carbocycles. The molecule has 0 aliphatic heterocycles. The van der Waals surface area contributed by atoms with Crippen LogP contribution in [0, 0.1) is 5.41 Å². The first-order valence-electron chi connectivity index (χ1n) is 6.84. The Hall–Kier alpha value is -1.91. The van der Waals surface area contributed by atoms with Crippen molar-refractivity contribution in [2.75, 3.05) is 6.61 Å². The molecule has 4 heteroatoms. The third kappa shape index (κ3) is 3.06. The van der Waals surface area contributed by atoms with Crippen LogP contribution in [0.1, 0.15) is 43.0 Å². The van der Waals surface area contributed by atoms with Crippen molar-refractivity contribution in [3.05, 3.63) is 47.9 Å². The van der Waals surface area contributed by atoms with Crippen LogP contribution in [0.2, 0.25) is 0 Å². The number of rotatable bonds is 5. The van der Waals surface area contributed by atoms with Crippen molar-refractivity contribution in [3.8, 4) is 11.1 Å². The molecule has 2 rings (SSSR count). The molecular formula is C17H20O4. The van der Waals surface area contributed by atoms with Crippen LogP contribution in [0.25, 0.3) is 11.1 Å². The Bertz CT molecular complexity index is 622. The first kappa shape index (κ1) is 15.5. The predicted molar refractivity (Wildman–Crippen MR) is 80.0 cm³/mol. The molecule has 1 aromatic heterocycles.